The van der Waals surface area contributed by atoms with Gasteiger partial charge in [-0.05, 0) is 49.6 Å². The molecular formula is C30H31N5O. The molecule has 0 atom stereocenters. The van der Waals surface area contributed by atoms with Gasteiger partial charge in [0, 0.05) is 48.6 Å². The van der Waals surface area contributed by atoms with E-state index in [1.165, 1.54) is 11.1 Å². The number of hydrogen-bond acceptors (Lipinski definition) is 5. The van der Waals surface area contributed by atoms with Crippen LogP contribution in [0.1, 0.15) is 34.3 Å². The van der Waals surface area contributed by atoms with E-state index in [0.29, 0.717) is 11.4 Å². The Kier molecular flexibility index (Phi) is 7.33. The summed E-state index contributed by atoms with van der Waals surface area (Å²) in [6.45, 7) is 5.00. The highest BCUT2D eigenvalue weighted by Crippen LogP contribution is 2.23. The van der Waals surface area contributed by atoms with Crippen LogP contribution in [-0.2, 0) is 6.54 Å². The Hall–Kier alpha value is -4.03. The maximum Gasteiger partial charge on any atom is 0.251 e. The molecule has 0 aliphatic carbocycles. The van der Waals surface area contributed by atoms with Crippen LogP contribution in [0.25, 0.3) is 11.3 Å². The lowest BCUT2D eigenvalue weighted by Gasteiger charge is -2.32. The van der Waals surface area contributed by atoms with Gasteiger partial charge < -0.3 is 10.6 Å². The van der Waals surface area contributed by atoms with E-state index in [2.05, 4.69) is 68.8 Å². The molecular weight excluding hydrogens is 446 g/mol. The van der Waals surface area contributed by atoms with Crippen LogP contribution in [0.2, 0.25) is 0 Å². The lowest BCUT2D eigenvalue weighted by atomic mass is 10.0. The Morgan fingerprint density at radius 3 is 2.53 bits per heavy atom. The van der Waals surface area contributed by atoms with Crippen LogP contribution in [0.4, 0.5) is 11.5 Å². The minimum absolute atomic E-state index is 0.0386. The lowest BCUT2D eigenvalue weighted by molar-refractivity contribution is 0.0909. The van der Waals surface area contributed by atoms with Crippen molar-refractivity contribution in [1.82, 2.24) is 20.2 Å². The van der Waals surface area contributed by atoms with Crippen LogP contribution in [-0.4, -0.2) is 39.9 Å². The Morgan fingerprint density at radius 2 is 1.72 bits per heavy atom. The Morgan fingerprint density at radius 1 is 0.917 bits per heavy atom. The maximum atomic E-state index is 13.0. The van der Waals surface area contributed by atoms with Crippen molar-refractivity contribution >= 4 is 17.4 Å². The number of nitrogens with zero attached hydrogens (tertiary/aromatic N) is 3. The number of nitrogens with one attached hydrogen (secondary N) is 2. The van der Waals surface area contributed by atoms with Gasteiger partial charge >= 0.3 is 0 Å². The summed E-state index contributed by atoms with van der Waals surface area (Å²) in [6.07, 6.45) is 3.47. The molecule has 182 valence electrons. The van der Waals surface area contributed by atoms with Crippen molar-refractivity contribution in [3.05, 3.63) is 108 Å². The molecule has 2 heterocycles. The van der Waals surface area contributed by atoms with Crippen LogP contribution in [0.15, 0.2) is 91.3 Å². The molecule has 0 bridgehead atoms. The molecule has 36 heavy (non-hydrogen) atoms. The molecule has 3 aromatic carbocycles. The molecule has 6 nitrogen and oxygen atoms in total. The number of piperidine rings is 1. The summed E-state index contributed by atoms with van der Waals surface area (Å²) in [5.41, 5.74) is 5.86. The monoisotopic (exact) mass is 477 g/mol. The molecule has 0 saturated carbocycles. The zero-order valence-corrected chi connectivity index (χ0v) is 20.5. The van der Waals surface area contributed by atoms with E-state index in [1.807, 2.05) is 48.5 Å². The highest BCUT2D eigenvalue weighted by Gasteiger charge is 2.21. The van der Waals surface area contributed by atoms with Gasteiger partial charge in [-0.15, -0.1) is 0 Å². The number of likely N-dealkylation sites (tertiary alicyclic amines) is 1. The Labute approximate surface area is 212 Å². The van der Waals surface area contributed by atoms with Crippen molar-refractivity contribution in [1.29, 1.82) is 0 Å². The summed E-state index contributed by atoms with van der Waals surface area (Å²) < 4.78 is 0. The summed E-state index contributed by atoms with van der Waals surface area (Å²) in [7, 11) is 0. The molecule has 0 spiro atoms. The molecule has 0 unspecified atom stereocenters. The molecule has 1 aliphatic rings. The molecule has 1 aliphatic heterocycles. The molecule has 1 saturated heterocycles. The van der Waals surface area contributed by atoms with Crippen molar-refractivity contribution < 1.29 is 4.79 Å². The third-order valence-corrected chi connectivity index (χ3v) is 6.55. The van der Waals surface area contributed by atoms with Crippen molar-refractivity contribution in [3.8, 4) is 11.3 Å². The fraction of sp³-hybridized carbons (Fsp3) is 0.233. The van der Waals surface area contributed by atoms with Gasteiger partial charge in [-0.25, -0.2) is 9.97 Å². The Bertz CT molecular complexity index is 1320. The number of carbonyl (C=O) groups excluding carboxylic acids is 1. The molecule has 1 amide bonds. The number of rotatable bonds is 7. The molecule has 1 fully saturated rings. The highest BCUT2D eigenvalue weighted by atomic mass is 16.1. The van der Waals surface area contributed by atoms with Crippen LogP contribution in [0.3, 0.4) is 0 Å². The summed E-state index contributed by atoms with van der Waals surface area (Å²) >= 11 is 0. The molecule has 6 heteroatoms. The van der Waals surface area contributed by atoms with Gasteiger partial charge in [0.25, 0.3) is 5.91 Å². The Balaban J connectivity index is 1.18. The van der Waals surface area contributed by atoms with Crippen LogP contribution < -0.4 is 10.6 Å². The van der Waals surface area contributed by atoms with E-state index in [4.69, 9.17) is 0 Å². The predicted octanol–water partition coefficient (Wildman–Crippen LogP) is 5.59. The first-order valence-electron chi connectivity index (χ1n) is 12.5. The predicted molar refractivity (Wildman–Crippen MR) is 144 cm³/mol. The van der Waals surface area contributed by atoms with E-state index in [0.717, 1.165) is 49.4 Å². The summed E-state index contributed by atoms with van der Waals surface area (Å²) in [5.74, 6) is 0.646. The normalized spacial score (nSPS) is 14.4. The number of hydrogen-bond donors (Lipinski definition) is 2. The van der Waals surface area contributed by atoms with E-state index in [9.17, 15) is 4.79 Å². The smallest absolute Gasteiger partial charge is 0.251 e. The average Bonchev–Trinajstić information content (AvgIpc) is 2.91. The average molecular weight is 478 g/mol. The summed E-state index contributed by atoms with van der Waals surface area (Å²) in [6, 6.07) is 28.4. The first kappa shape index (κ1) is 23.7. The number of anilines is 2. The number of amides is 1. The summed E-state index contributed by atoms with van der Waals surface area (Å²) in [5, 5.41) is 6.55. The second-order valence-corrected chi connectivity index (χ2v) is 9.37. The maximum absolute atomic E-state index is 13.0. The number of aryl methyl sites for hydroxylation is 1. The molecule has 2 N–H and O–H groups in total. The molecule has 1 aromatic heterocycles. The van der Waals surface area contributed by atoms with Gasteiger partial charge in [0.1, 0.15) is 12.1 Å². The zero-order chi connectivity index (χ0) is 24.7. The first-order valence-corrected chi connectivity index (χ1v) is 12.5. The quantitative estimate of drug-likeness (QED) is 0.363. The standard InChI is InChI=1S/C30H31N5O/c1-22-7-5-10-24(17-22)28-19-29(32-21-31-28)33-27-12-6-11-25(18-27)30(36)34-26-13-15-35(16-14-26)20-23-8-3-2-4-9-23/h2-12,17-19,21,26H,13-16,20H2,1H3,(H,34,36)(H,31,32,33). The molecule has 5 rings (SSSR count). The SMILES string of the molecule is Cc1cccc(-c2cc(Nc3cccc(C(=O)NC4CCN(Cc5ccccc5)CC4)c3)ncn2)c1. The van der Waals surface area contributed by atoms with Gasteiger partial charge in [-0.2, -0.15) is 0 Å². The minimum Gasteiger partial charge on any atom is -0.349 e. The highest BCUT2D eigenvalue weighted by molar-refractivity contribution is 5.95. The van der Waals surface area contributed by atoms with Crippen LogP contribution >= 0.6 is 0 Å². The van der Waals surface area contributed by atoms with Gasteiger partial charge in [-0.1, -0.05) is 60.2 Å². The third-order valence-electron chi connectivity index (χ3n) is 6.55. The number of aromatic nitrogens is 2. The largest absolute Gasteiger partial charge is 0.349 e. The second kappa shape index (κ2) is 11.1. The summed E-state index contributed by atoms with van der Waals surface area (Å²) in [4.78, 5) is 24.2. The third kappa shape index (κ3) is 6.15. The minimum atomic E-state index is -0.0386. The fourth-order valence-corrected chi connectivity index (χ4v) is 4.62. The number of benzene rings is 3. The lowest BCUT2D eigenvalue weighted by Crippen LogP contribution is -2.44. The van der Waals surface area contributed by atoms with Crippen LogP contribution in [0, 0.1) is 6.92 Å². The second-order valence-electron chi connectivity index (χ2n) is 9.37. The van der Waals surface area contributed by atoms with Crippen LogP contribution in [0.5, 0.6) is 0 Å². The van der Waals surface area contributed by atoms with Crippen molar-refractivity contribution in [2.45, 2.75) is 32.4 Å². The number of carbonyl (C=O) groups is 1. The van der Waals surface area contributed by atoms with E-state index < -0.39 is 0 Å². The van der Waals surface area contributed by atoms with Gasteiger partial charge in [0.15, 0.2) is 0 Å². The van der Waals surface area contributed by atoms with Crippen molar-refractivity contribution in [2.24, 2.45) is 0 Å². The molecule has 0 radical (unpaired) electrons. The fourth-order valence-electron chi connectivity index (χ4n) is 4.62. The van der Waals surface area contributed by atoms with E-state index >= 15 is 0 Å². The van der Waals surface area contributed by atoms with Gasteiger partial charge in [0.05, 0.1) is 5.69 Å². The molecule has 4 aromatic rings. The van der Waals surface area contributed by atoms with Crippen molar-refractivity contribution in [3.63, 3.8) is 0 Å². The van der Waals surface area contributed by atoms with E-state index in [-0.39, 0.29) is 11.9 Å². The van der Waals surface area contributed by atoms with Gasteiger partial charge in [-0.3, -0.25) is 9.69 Å². The topological polar surface area (TPSA) is 70.2 Å². The van der Waals surface area contributed by atoms with E-state index in [1.54, 1.807) is 6.33 Å². The van der Waals surface area contributed by atoms with Crippen molar-refractivity contribution in [2.75, 3.05) is 18.4 Å². The van der Waals surface area contributed by atoms with Gasteiger partial charge in [0.2, 0.25) is 0 Å². The first-order chi connectivity index (χ1) is 17.6. The zero-order valence-electron chi connectivity index (χ0n) is 20.5.